The van der Waals surface area contributed by atoms with Crippen LogP contribution < -0.4 is 10.5 Å². The summed E-state index contributed by atoms with van der Waals surface area (Å²) in [7, 11) is 1.59. The van der Waals surface area contributed by atoms with Crippen molar-refractivity contribution in [3.8, 4) is 5.75 Å². The zero-order chi connectivity index (χ0) is 25.1. The van der Waals surface area contributed by atoms with Crippen LogP contribution in [0.5, 0.6) is 5.75 Å². The van der Waals surface area contributed by atoms with Crippen LogP contribution >= 0.6 is 11.8 Å². The molecule has 0 saturated carbocycles. The SMILES string of the molecule is CCOC(=O)C1=C(C)N=C2SC=C(CC(=O)N3CCCC(C(N)=O)C3)N2C1c1cccc(OC)c1. The van der Waals surface area contributed by atoms with Gasteiger partial charge in [0.1, 0.15) is 5.75 Å². The van der Waals surface area contributed by atoms with Crippen molar-refractivity contribution in [1.82, 2.24) is 9.80 Å². The molecule has 0 spiro atoms. The molecule has 0 aromatic heterocycles. The first-order chi connectivity index (χ1) is 16.8. The number of carbonyl (C=O) groups excluding carboxylic acids is 3. The number of hydrogen-bond acceptors (Lipinski definition) is 8. The zero-order valence-electron chi connectivity index (χ0n) is 20.2. The van der Waals surface area contributed by atoms with E-state index in [-0.39, 0.29) is 30.8 Å². The quantitative estimate of drug-likeness (QED) is 0.575. The van der Waals surface area contributed by atoms with Gasteiger partial charge in [-0.05, 0) is 49.8 Å². The molecule has 4 rings (SSSR count). The third kappa shape index (κ3) is 5.07. The maximum atomic E-state index is 13.3. The smallest absolute Gasteiger partial charge is 0.338 e. The van der Waals surface area contributed by atoms with Gasteiger partial charge in [0, 0.05) is 18.8 Å². The Balaban J connectivity index is 1.66. The predicted octanol–water partition coefficient (Wildman–Crippen LogP) is 2.95. The van der Waals surface area contributed by atoms with E-state index in [4.69, 9.17) is 15.2 Å². The normalized spacial score (nSPS) is 21.8. The van der Waals surface area contributed by atoms with Crippen LogP contribution in [-0.2, 0) is 19.1 Å². The maximum absolute atomic E-state index is 13.3. The Morgan fingerprint density at radius 2 is 2.09 bits per heavy atom. The molecule has 1 aromatic rings. The van der Waals surface area contributed by atoms with Crippen molar-refractivity contribution in [3.63, 3.8) is 0 Å². The number of carbonyl (C=O) groups is 3. The second kappa shape index (κ2) is 10.6. The number of amidine groups is 1. The molecule has 2 unspecified atom stereocenters. The number of piperidine rings is 1. The first-order valence-corrected chi connectivity index (χ1v) is 12.5. The molecule has 0 aliphatic carbocycles. The van der Waals surface area contributed by atoms with Crippen LogP contribution in [-0.4, -0.2) is 59.6 Å². The standard InChI is InChI=1S/C25H30N4O5S/c1-4-34-24(32)21-15(2)27-25-29(22(21)16-7-5-9-19(11-16)33-3)18(14-35-25)12-20(30)28-10-6-8-17(13-28)23(26)31/h5,7,9,11,14,17,22H,4,6,8,10,12-13H2,1-3H3,(H2,26,31). The van der Waals surface area contributed by atoms with E-state index < -0.39 is 12.0 Å². The van der Waals surface area contributed by atoms with Crippen LogP contribution in [0.4, 0.5) is 0 Å². The van der Waals surface area contributed by atoms with Crippen molar-refractivity contribution >= 4 is 34.7 Å². The van der Waals surface area contributed by atoms with Crippen LogP contribution in [0.15, 0.2) is 51.6 Å². The van der Waals surface area contributed by atoms with E-state index in [1.165, 1.54) is 11.8 Å². The summed E-state index contributed by atoms with van der Waals surface area (Å²) in [6, 6.07) is 6.99. The minimum Gasteiger partial charge on any atom is -0.497 e. The molecule has 186 valence electrons. The molecule has 3 heterocycles. The van der Waals surface area contributed by atoms with Crippen molar-refractivity contribution in [2.45, 2.75) is 39.2 Å². The van der Waals surface area contributed by atoms with Gasteiger partial charge in [0.05, 0.1) is 43.4 Å². The Labute approximate surface area is 209 Å². The molecule has 0 bridgehead atoms. The number of rotatable bonds is 7. The highest BCUT2D eigenvalue weighted by Gasteiger charge is 2.41. The number of thioether (sulfide) groups is 1. The molecule has 35 heavy (non-hydrogen) atoms. The number of benzene rings is 1. The molecule has 2 N–H and O–H groups in total. The lowest BCUT2D eigenvalue weighted by Gasteiger charge is -2.37. The van der Waals surface area contributed by atoms with Gasteiger partial charge in [-0.3, -0.25) is 9.59 Å². The second-order valence-electron chi connectivity index (χ2n) is 8.65. The van der Waals surface area contributed by atoms with Gasteiger partial charge in [-0.25, -0.2) is 9.79 Å². The number of nitrogens with two attached hydrogens (primary N) is 1. The number of nitrogens with zero attached hydrogens (tertiary/aromatic N) is 3. The highest BCUT2D eigenvalue weighted by molar-refractivity contribution is 8.16. The minimum absolute atomic E-state index is 0.0857. The minimum atomic E-state index is -0.523. The number of fused-ring (bicyclic) bond motifs is 1. The number of esters is 1. The van der Waals surface area contributed by atoms with E-state index in [1.807, 2.05) is 34.6 Å². The number of likely N-dealkylation sites (tertiary alicyclic amines) is 1. The molecule has 2 amide bonds. The van der Waals surface area contributed by atoms with Gasteiger partial charge >= 0.3 is 5.97 Å². The molecule has 1 saturated heterocycles. The van der Waals surface area contributed by atoms with Crippen molar-refractivity contribution in [2.24, 2.45) is 16.6 Å². The van der Waals surface area contributed by atoms with E-state index in [0.29, 0.717) is 41.7 Å². The Morgan fingerprint density at radius 3 is 2.80 bits per heavy atom. The second-order valence-corrected chi connectivity index (χ2v) is 9.48. The van der Waals surface area contributed by atoms with Crippen molar-refractivity contribution < 1.29 is 23.9 Å². The number of ether oxygens (including phenoxy) is 2. The van der Waals surface area contributed by atoms with Crippen LogP contribution in [0.25, 0.3) is 0 Å². The molecule has 0 radical (unpaired) electrons. The topological polar surface area (TPSA) is 115 Å². The van der Waals surface area contributed by atoms with E-state index in [0.717, 1.165) is 17.7 Å². The first-order valence-electron chi connectivity index (χ1n) is 11.7. The Kier molecular flexibility index (Phi) is 7.49. The summed E-state index contributed by atoms with van der Waals surface area (Å²) in [5.74, 6) is -0.564. The summed E-state index contributed by atoms with van der Waals surface area (Å²) in [4.78, 5) is 46.3. The van der Waals surface area contributed by atoms with Crippen LogP contribution in [0.1, 0.15) is 44.7 Å². The highest BCUT2D eigenvalue weighted by atomic mass is 32.2. The summed E-state index contributed by atoms with van der Waals surface area (Å²) in [5.41, 5.74) is 8.06. The molecule has 1 aromatic carbocycles. The van der Waals surface area contributed by atoms with Gasteiger partial charge in [-0.1, -0.05) is 23.9 Å². The maximum Gasteiger partial charge on any atom is 0.338 e. The average molecular weight is 499 g/mol. The van der Waals surface area contributed by atoms with E-state index in [1.54, 1.807) is 25.9 Å². The van der Waals surface area contributed by atoms with Gasteiger partial charge in [-0.2, -0.15) is 0 Å². The Bertz CT molecular complexity index is 1130. The number of hydrogen-bond donors (Lipinski definition) is 1. The van der Waals surface area contributed by atoms with E-state index in [2.05, 4.69) is 4.99 Å². The lowest BCUT2D eigenvalue weighted by atomic mass is 9.93. The predicted molar refractivity (Wildman–Crippen MR) is 133 cm³/mol. The Morgan fingerprint density at radius 1 is 1.29 bits per heavy atom. The van der Waals surface area contributed by atoms with Gasteiger partial charge in [-0.15, -0.1) is 0 Å². The van der Waals surface area contributed by atoms with Gasteiger partial charge in [0.2, 0.25) is 11.8 Å². The number of aliphatic imine (C=N–C) groups is 1. The monoisotopic (exact) mass is 498 g/mol. The van der Waals surface area contributed by atoms with Crippen molar-refractivity contribution in [1.29, 1.82) is 0 Å². The molecule has 10 heteroatoms. The first kappa shape index (κ1) is 24.8. The lowest BCUT2D eigenvalue weighted by molar-refractivity contribution is -0.139. The van der Waals surface area contributed by atoms with Crippen LogP contribution in [0.2, 0.25) is 0 Å². The van der Waals surface area contributed by atoms with Gasteiger partial charge in [0.15, 0.2) is 5.17 Å². The third-order valence-electron chi connectivity index (χ3n) is 6.41. The molecule has 1 fully saturated rings. The third-order valence-corrected chi connectivity index (χ3v) is 7.30. The number of allylic oxidation sites excluding steroid dienone is 1. The fourth-order valence-corrected chi connectivity index (χ4v) is 5.63. The van der Waals surface area contributed by atoms with E-state index >= 15 is 0 Å². The summed E-state index contributed by atoms with van der Waals surface area (Å²) in [5, 5.41) is 2.60. The Hall–Kier alpha value is -3.27. The van der Waals surface area contributed by atoms with Crippen molar-refractivity contribution in [3.05, 3.63) is 52.2 Å². The highest BCUT2D eigenvalue weighted by Crippen LogP contribution is 2.45. The number of amides is 2. The molecular weight excluding hydrogens is 468 g/mol. The molecule has 3 aliphatic heterocycles. The zero-order valence-corrected chi connectivity index (χ0v) is 21.0. The van der Waals surface area contributed by atoms with Crippen LogP contribution in [0, 0.1) is 5.92 Å². The van der Waals surface area contributed by atoms with Gasteiger partial charge in [0.25, 0.3) is 0 Å². The summed E-state index contributed by atoms with van der Waals surface area (Å²) >= 11 is 1.42. The van der Waals surface area contributed by atoms with Gasteiger partial charge < -0.3 is 25.0 Å². The average Bonchev–Trinajstić information content (AvgIpc) is 3.25. The molecule has 9 nitrogen and oxygen atoms in total. The summed E-state index contributed by atoms with van der Waals surface area (Å²) in [6.45, 7) is 4.73. The number of methoxy groups -OCH3 is 1. The van der Waals surface area contributed by atoms with Crippen LogP contribution in [0.3, 0.4) is 0 Å². The van der Waals surface area contributed by atoms with E-state index in [9.17, 15) is 14.4 Å². The fraction of sp³-hybridized carbons (Fsp3) is 0.440. The largest absolute Gasteiger partial charge is 0.497 e. The molecular formula is C25H30N4O5S. The molecule has 3 aliphatic rings. The summed E-state index contributed by atoms with van der Waals surface area (Å²) in [6.07, 6.45) is 1.56. The number of primary amides is 1. The summed E-state index contributed by atoms with van der Waals surface area (Å²) < 4.78 is 10.8. The lowest BCUT2D eigenvalue weighted by Crippen LogP contribution is -2.45. The fourth-order valence-electron chi connectivity index (χ4n) is 4.67. The molecule has 2 atom stereocenters. The van der Waals surface area contributed by atoms with Crippen molar-refractivity contribution in [2.75, 3.05) is 26.8 Å².